The standard InChI is InChI=1S/C21H28O5.C20H32O5/c1-19-7-5-13(23)9-12(19)3-4-14-15-6-8-21(26,17(25)11-22)20(15,2)10-16(24)18(14)19;1-2-3-6-9-15(21)12-13-17-16(18(22)14-19(17)23)10-7-4-5-8-11-20(24)25/h5,7,9,14-16,18,22,24,26H,3-4,6,8,10-11H2,1-2H3;4,7,12-13,15-17,19,21,23H,2-3,5-6,8-11,14H2,1H3,(H,24,25)/b;7-4-,13-12+/t14-,15-,16-,18+,19-,20-,21-;15-,16+,17+,19+/m00/s1. The lowest BCUT2D eigenvalue weighted by atomic mass is 9.46. The highest BCUT2D eigenvalue weighted by atomic mass is 16.4. The van der Waals surface area contributed by atoms with Crippen LogP contribution in [0.4, 0.5) is 0 Å². The quantitative estimate of drug-likeness (QED) is 0.108. The Bertz CT molecular complexity index is 1400. The number of carboxylic acids is 1. The van der Waals surface area contributed by atoms with Gasteiger partial charge in [0.15, 0.2) is 11.6 Å². The van der Waals surface area contributed by atoms with Crippen molar-refractivity contribution < 1.29 is 49.8 Å². The number of aliphatic hydroxyl groups excluding tert-OH is 4. The van der Waals surface area contributed by atoms with Crippen molar-refractivity contribution in [1.82, 2.24) is 0 Å². The van der Waals surface area contributed by atoms with Crippen molar-refractivity contribution in [2.45, 2.75) is 135 Å². The zero-order valence-corrected chi connectivity index (χ0v) is 30.6. The highest BCUT2D eigenvalue weighted by molar-refractivity contribution is 6.01. The summed E-state index contributed by atoms with van der Waals surface area (Å²) in [4.78, 5) is 46.7. The topological polar surface area (TPSA) is 190 Å². The average Bonchev–Trinajstić information content (AvgIpc) is 3.51. The van der Waals surface area contributed by atoms with E-state index in [1.165, 1.54) is 0 Å². The molecule has 0 bridgehead atoms. The Labute approximate surface area is 302 Å². The molecule has 0 unspecified atom stereocenters. The van der Waals surface area contributed by atoms with E-state index in [1.807, 2.05) is 25.2 Å². The number of aliphatic carboxylic acids is 1. The fourth-order valence-electron chi connectivity index (χ4n) is 10.1. The molecule has 0 saturated heterocycles. The van der Waals surface area contributed by atoms with Crippen LogP contribution >= 0.6 is 0 Å². The molecule has 0 spiro atoms. The monoisotopic (exact) mass is 712 g/mol. The van der Waals surface area contributed by atoms with Gasteiger partial charge in [0.05, 0.1) is 18.3 Å². The maximum Gasteiger partial charge on any atom is 0.303 e. The first kappa shape index (κ1) is 41.0. The molecule has 4 fully saturated rings. The molecule has 0 aliphatic heterocycles. The number of rotatable bonds is 14. The largest absolute Gasteiger partial charge is 0.481 e. The molecule has 6 N–H and O–H groups in total. The lowest BCUT2D eigenvalue weighted by Gasteiger charge is -2.59. The van der Waals surface area contributed by atoms with Gasteiger partial charge in [-0.1, -0.05) is 76.0 Å². The lowest BCUT2D eigenvalue weighted by Crippen LogP contribution is -2.61. The van der Waals surface area contributed by atoms with E-state index < -0.39 is 47.7 Å². The molecular weight excluding hydrogens is 652 g/mol. The summed E-state index contributed by atoms with van der Waals surface area (Å²) >= 11 is 0. The minimum Gasteiger partial charge on any atom is -0.481 e. The molecular formula is C41H60O10. The predicted octanol–water partition coefficient (Wildman–Crippen LogP) is 4.81. The number of fused-ring (bicyclic) bond motifs is 5. The van der Waals surface area contributed by atoms with E-state index in [-0.39, 0.29) is 59.4 Å². The van der Waals surface area contributed by atoms with Crippen molar-refractivity contribution in [1.29, 1.82) is 0 Å². The van der Waals surface area contributed by atoms with Crippen LogP contribution in [0.2, 0.25) is 0 Å². The summed E-state index contributed by atoms with van der Waals surface area (Å²) in [5.74, 6) is -1.49. The average molecular weight is 713 g/mol. The third kappa shape index (κ3) is 8.73. The molecule has 11 atom stereocenters. The van der Waals surface area contributed by atoms with Gasteiger partial charge in [-0.15, -0.1) is 0 Å². The number of unbranched alkanes of at least 4 members (excludes halogenated alkanes) is 3. The van der Waals surface area contributed by atoms with Crippen LogP contribution in [0.15, 0.2) is 48.1 Å². The Kier molecular flexibility index (Phi) is 14.0. The third-order valence-electron chi connectivity index (χ3n) is 13.0. The Balaban J connectivity index is 0.000000229. The summed E-state index contributed by atoms with van der Waals surface area (Å²) in [6.45, 7) is 5.46. The van der Waals surface area contributed by atoms with Gasteiger partial charge in [-0.3, -0.25) is 19.2 Å². The zero-order valence-electron chi connectivity index (χ0n) is 30.6. The maximum absolute atomic E-state index is 12.4. The minimum absolute atomic E-state index is 0.00912. The second kappa shape index (κ2) is 17.4. The van der Waals surface area contributed by atoms with Gasteiger partial charge in [0.25, 0.3) is 0 Å². The highest BCUT2D eigenvalue weighted by Crippen LogP contribution is 2.67. The number of hydrogen-bond donors (Lipinski definition) is 6. The van der Waals surface area contributed by atoms with Crippen molar-refractivity contribution in [3.63, 3.8) is 0 Å². The lowest BCUT2D eigenvalue weighted by molar-refractivity contribution is -0.178. The van der Waals surface area contributed by atoms with Gasteiger partial charge < -0.3 is 30.6 Å². The van der Waals surface area contributed by atoms with Gasteiger partial charge in [-0.2, -0.15) is 0 Å². The van der Waals surface area contributed by atoms with Crippen molar-refractivity contribution >= 4 is 23.3 Å². The molecule has 0 amide bonds. The number of allylic oxidation sites excluding steroid dienone is 6. The van der Waals surface area contributed by atoms with Gasteiger partial charge in [0.1, 0.15) is 18.0 Å². The van der Waals surface area contributed by atoms with Gasteiger partial charge in [-0.25, -0.2) is 0 Å². The van der Waals surface area contributed by atoms with E-state index in [0.29, 0.717) is 38.5 Å². The summed E-state index contributed by atoms with van der Waals surface area (Å²) in [6, 6.07) is 0. The molecule has 0 heterocycles. The van der Waals surface area contributed by atoms with Gasteiger partial charge >= 0.3 is 5.97 Å². The van der Waals surface area contributed by atoms with E-state index >= 15 is 0 Å². The molecule has 0 radical (unpaired) electrons. The smallest absolute Gasteiger partial charge is 0.303 e. The molecule has 4 saturated carbocycles. The number of carbonyl (C=O) groups is 4. The number of aliphatic hydroxyl groups is 5. The van der Waals surface area contributed by atoms with Crippen molar-refractivity contribution in [3.8, 4) is 0 Å². The first-order chi connectivity index (χ1) is 24.1. The molecule has 51 heavy (non-hydrogen) atoms. The molecule has 0 aromatic carbocycles. The molecule has 5 aliphatic carbocycles. The van der Waals surface area contributed by atoms with Crippen molar-refractivity contribution in [3.05, 3.63) is 48.1 Å². The molecule has 0 aromatic heterocycles. The second-order valence-corrected chi connectivity index (χ2v) is 16.1. The number of hydrogen-bond acceptors (Lipinski definition) is 9. The molecule has 284 valence electrons. The second-order valence-electron chi connectivity index (χ2n) is 16.1. The maximum atomic E-state index is 12.4. The SMILES string of the molecule is CCCCC[C@H](O)/C=C/[C@H]1[C@H](O)CC(=O)[C@@H]1C/C=C\CCCC(=O)O.C[C@]12C=CC(=O)C=C1CC[C@@H]1[C@@H]2[C@@H](O)C[C@@]2(C)[C@H]1CC[C@]2(O)C(=O)CO. The van der Waals surface area contributed by atoms with E-state index in [1.54, 1.807) is 24.3 Å². The van der Waals surface area contributed by atoms with Crippen LogP contribution in [0, 0.1) is 40.4 Å². The Morgan fingerprint density at radius 1 is 1.06 bits per heavy atom. The van der Waals surface area contributed by atoms with Gasteiger partial charge in [0.2, 0.25) is 0 Å². The molecule has 5 aliphatic rings. The van der Waals surface area contributed by atoms with Gasteiger partial charge in [-0.05, 0) is 81.8 Å². The molecule has 10 heteroatoms. The first-order valence-electron chi connectivity index (χ1n) is 19.1. The van der Waals surface area contributed by atoms with Crippen LogP contribution in [0.1, 0.15) is 111 Å². The molecule has 5 rings (SSSR count). The number of ketones is 3. The summed E-state index contributed by atoms with van der Waals surface area (Å²) in [5.41, 5.74) is -1.54. The number of Topliss-reactive ketones (excluding diaryl/α,β-unsaturated/α-hetero) is 2. The van der Waals surface area contributed by atoms with Crippen LogP contribution < -0.4 is 0 Å². The summed E-state index contributed by atoms with van der Waals surface area (Å²) in [6.07, 6.45) is 19.8. The normalized spacial score (nSPS) is 37.8. The fourth-order valence-corrected chi connectivity index (χ4v) is 10.1. The molecule has 10 nitrogen and oxygen atoms in total. The van der Waals surface area contributed by atoms with E-state index in [9.17, 15) is 44.7 Å². The van der Waals surface area contributed by atoms with Crippen molar-refractivity contribution in [2.75, 3.05) is 6.61 Å². The molecule has 0 aromatic rings. The Hall–Kier alpha value is -2.76. The van der Waals surface area contributed by atoms with Crippen LogP contribution in [0.25, 0.3) is 0 Å². The summed E-state index contributed by atoms with van der Waals surface area (Å²) in [7, 11) is 0. The van der Waals surface area contributed by atoms with E-state index in [0.717, 1.165) is 44.1 Å². The Morgan fingerprint density at radius 2 is 1.80 bits per heavy atom. The van der Waals surface area contributed by atoms with Crippen LogP contribution in [0.3, 0.4) is 0 Å². The third-order valence-corrected chi connectivity index (χ3v) is 13.0. The summed E-state index contributed by atoms with van der Waals surface area (Å²) < 4.78 is 0. The summed E-state index contributed by atoms with van der Waals surface area (Å²) in [5, 5.41) is 60.3. The first-order valence-corrected chi connectivity index (χ1v) is 19.1. The highest BCUT2D eigenvalue weighted by Gasteiger charge is 2.68. The Morgan fingerprint density at radius 3 is 2.49 bits per heavy atom. The predicted molar refractivity (Wildman–Crippen MR) is 192 cm³/mol. The van der Waals surface area contributed by atoms with Crippen LogP contribution in [-0.2, 0) is 19.2 Å². The minimum atomic E-state index is -1.56. The fraction of sp³-hybridized carbons (Fsp3) is 0.707. The van der Waals surface area contributed by atoms with E-state index in [2.05, 4.69) is 13.8 Å². The number of carboxylic acid groups (broad SMARTS) is 1. The van der Waals surface area contributed by atoms with Crippen LogP contribution in [0.5, 0.6) is 0 Å². The van der Waals surface area contributed by atoms with Gasteiger partial charge in [0, 0.05) is 41.4 Å². The number of carbonyl (C=O) groups excluding carboxylic acids is 3. The van der Waals surface area contributed by atoms with Crippen molar-refractivity contribution in [2.24, 2.45) is 40.4 Å². The van der Waals surface area contributed by atoms with E-state index in [4.69, 9.17) is 5.11 Å². The zero-order chi connectivity index (χ0) is 37.6. The van der Waals surface area contributed by atoms with Crippen LogP contribution in [-0.4, -0.2) is 84.5 Å².